The Morgan fingerprint density at radius 2 is 1.50 bits per heavy atom. The molecule has 5 aromatic rings. The molecular weight excluding hydrogens is 584 g/mol. The average molecular weight is 630 g/mol. The minimum atomic E-state index is -1.23. The first-order valence-electron chi connectivity index (χ1n) is 14.9. The molecule has 0 saturated heterocycles. The van der Waals surface area contributed by atoms with Gasteiger partial charge in [-0.05, 0) is 79.6 Å². The number of halogens is 1. The largest absolute Gasteiger partial charge is 0.481 e. The van der Waals surface area contributed by atoms with Crippen LogP contribution in [0.3, 0.4) is 0 Å². The van der Waals surface area contributed by atoms with Crippen LogP contribution in [0.4, 0.5) is 0 Å². The molecule has 0 saturated carbocycles. The normalized spacial score (nSPS) is 13.0. The Balaban J connectivity index is 0.00000116. The quantitative estimate of drug-likeness (QED) is 0.176. The molecule has 1 aromatic heterocycles. The number of fused-ring (bicyclic) bond motifs is 2. The van der Waals surface area contributed by atoms with Gasteiger partial charge in [0.25, 0.3) is 0 Å². The van der Waals surface area contributed by atoms with Crippen LogP contribution in [0.15, 0.2) is 102 Å². The van der Waals surface area contributed by atoms with Gasteiger partial charge in [-0.15, -0.1) is 0 Å². The van der Waals surface area contributed by atoms with E-state index in [9.17, 15) is 5.11 Å². The highest BCUT2D eigenvalue weighted by Gasteiger charge is 2.43. The predicted molar refractivity (Wildman–Crippen MR) is 183 cm³/mol. The lowest BCUT2D eigenvalue weighted by Gasteiger charge is -2.39. The van der Waals surface area contributed by atoms with Gasteiger partial charge in [0.2, 0.25) is 5.88 Å². The van der Waals surface area contributed by atoms with Crippen LogP contribution in [0, 0.1) is 0 Å². The van der Waals surface area contributed by atoms with Crippen molar-refractivity contribution in [2.45, 2.75) is 52.1 Å². The Bertz CT molecular complexity index is 1550. The van der Waals surface area contributed by atoms with Gasteiger partial charge in [-0.2, -0.15) is 0 Å². The Morgan fingerprint density at radius 3 is 2.19 bits per heavy atom. The van der Waals surface area contributed by atoms with Crippen LogP contribution in [0.25, 0.3) is 21.7 Å². The molecule has 0 spiro atoms. The minimum absolute atomic E-state index is 0.414. The number of ether oxygens (including phenoxy) is 1. The standard InChI is InChI=1S/C33H33BrN2O2.2C2H6/c1-36(2)20-10-19-33(37,29-16-9-14-23-11-7-8-15-27(23)29)31(24-12-5-4-6-13-24)28-22-25-21-26(34)17-18-30(25)35-32(28)38-3;2*1-2/h4-9,11-18,21-22,31,37H,10,19-20H2,1-3H3;2*1-2H3. The molecule has 1 N–H and O–H groups in total. The zero-order chi connectivity index (χ0) is 30.7. The molecule has 0 bridgehead atoms. The summed E-state index contributed by atoms with van der Waals surface area (Å²) in [6.07, 6.45) is 1.39. The van der Waals surface area contributed by atoms with E-state index in [0.717, 1.165) is 55.8 Å². The number of aliphatic hydroxyl groups is 1. The van der Waals surface area contributed by atoms with Gasteiger partial charge in [-0.25, -0.2) is 4.98 Å². The highest BCUT2D eigenvalue weighted by molar-refractivity contribution is 9.10. The van der Waals surface area contributed by atoms with Crippen LogP contribution in [-0.2, 0) is 5.60 Å². The second-order valence-electron chi connectivity index (χ2n) is 10.1. The third-order valence-electron chi connectivity index (χ3n) is 7.30. The van der Waals surface area contributed by atoms with E-state index in [4.69, 9.17) is 9.72 Å². The summed E-state index contributed by atoms with van der Waals surface area (Å²) < 4.78 is 6.89. The van der Waals surface area contributed by atoms with Gasteiger partial charge in [-0.3, -0.25) is 0 Å². The second-order valence-corrected chi connectivity index (χ2v) is 11.0. The van der Waals surface area contributed by atoms with Crippen molar-refractivity contribution >= 4 is 37.6 Å². The van der Waals surface area contributed by atoms with E-state index in [2.05, 4.69) is 83.5 Å². The van der Waals surface area contributed by atoms with Crippen molar-refractivity contribution in [1.82, 2.24) is 9.88 Å². The lowest BCUT2D eigenvalue weighted by Crippen LogP contribution is -2.36. The van der Waals surface area contributed by atoms with Crippen molar-refractivity contribution in [3.8, 4) is 5.88 Å². The van der Waals surface area contributed by atoms with Gasteiger partial charge in [0.1, 0.15) is 5.60 Å². The van der Waals surface area contributed by atoms with Crippen LogP contribution in [0.5, 0.6) is 5.88 Å². The molecule has 4 nitrogen and oxygen atoms in total. The Morgan fingerprint density at radius 1 is 0.833 bits per heavy atom. The van der Waals surface area contributed by atoms with Gasteiger partial charge in [0.05, 0.1) is 12.6 Å². The Hall–Kier alpha value is -3.25. The maximum Gasteiger partial charge on any atom is 0.217 e. The molecule has 222 valence electrons. The maximum atomic E-state index is 13.1. The van der Waals surface area contributed by atoms with Crippen LogP contribution >= 0.6 is 15.9 Å². The fraction of sp³-hybridized carbons (Fsp3) is 0.324. The van der Waals surface area contributed by atoms with Crippen molar-refractivity contribution < 1.29 is 9.84 Å². The third-order valence-corrected chi connectivity index (χ3v) is 7.80. The van der Waals surface area contributed by atoms with Crippen molar-refractivity contribution in [1.29, 1.82) is 0 Å². The molecule has 0 fully saturated rings. The number of benzene rings is 4. The zero-order valence-electron chi connectivity index (χ0n) is 26.1. The van der Waals surface area contributed by atoms with E-state index in [0.29, 0.717) is 12.3 Å². The summed E-state index contributed by atoms with van der Waals surface area (Å²) in [5.74, 6) is 0.113. The fourth-order valence-corrected chi connectivity index (χ4v) is 5.96. The maximum absolute atomic E-state index is 13.1. The molecule has 0 aliphatic carbocycles. The smallest absolute Gasteiger partial charge is 0.217 e. The molecule has 2 atom stereocenters. The first kappa shape index (κ1) is 33.3. The number of methoxy groups -OCH3 is 1. The summed E-state index contributed by atoms with van der Waals surface area (Å²) in [4.78, 5) is 7.06. The van der Waals surface area contributed by atoms with Gasteiger partial charge in [0, 0.05) is 21.3 Å². The first-order chi connectivity index (χ1) is 20.4. The highest BCUT2D eigenvalue weighted by Crippen LogP contribution is 2.49. The van der Waals surface area contributed by atoms with Crippen molar-refractivity contribution in [3.63, 3.8) is 0 Å². The summed E-state index contributed by atoms with van der Waals surface area (Å²) in [7, 11) is 5.79. The summed E-state index contributed by atoms with van der Waals surface area (Å²) in [6, 6.07) is 32.9. The zero-order valence-corrected chi connectivity index (χ0v) is 27.7. The number of aromatic nitrogens is 1. The summed E-state index contributed by atoms with van der Waals surface area (Å²) in [6.45, 7) is 8.87. The van der Waals surface area contributed by atoms with E-state index in [1.54, 1.807) is 7.11 Å². The van der Waals surface area contributed by atoms with Gasteiger partial charge in [0.15, 0.2) is 0 Å². The number of hydrogen-bond donors (Lipinski definition) is 1. The van der Waals surface area contributed by atoms with Crippen molar-refractivity contribution in [2.75, 3.05) is 27.7 Å². The van der Waals surface area contributed by atoms with Crippen LogP contribution in [0.1, 0.15) is 63.1 Å². The molecule has 0 amide bonds. The average Bonchev–Trinajstić information content (AvgIpc) is 3.02. The molecule has 0 aliphatic rings. The topological polar surface area (TPSA) is 45.6 Å². The highest BCUT2D eigenvalue weighted by atomic mass is 79.9. The summed E-state index contributed by atoms with van der Waals surface area (Å²) in [5.41, 5.74) is 2.42. The van der Waals surface area contributed by atoms with E-state index in [1.807, 2.05) is 76.2 Å². The van der Waals surface area contributed by atoms with Gasteiger partial charge < -0.3 is 14.7 Å². The van der Waals surface area contributed by atoms with Crippen LogP contribution in [-0.4, -0.2) is 42.7 Å². The van der Waals surface area contributed by atoms with E-state index in [1.165, 1.54) is 0 Å². The van der Waals surface area contributed by atoms with E-state index in [-0.39, 0.29) is 0 Å². The molecule has 5 rings (SSSR count). The lowest BCUT2D eigenvalue weighted by atomic mass is 9.70. The van der Waals surface area contributed by atoms with Gasteiger partial charge >= 0.3 is 0 Å². The molecule has 4 aromatic carbocycles. The molecule has 42 heavy (non-hydrogen) atoms. The second kappa shape index (κ2) is 15.8. The monoisotopic (exact) mass is 628 g/mol. The van der Waals surface area contributed by atoms with Crippen molar-refractivity contribution in [3.05, 3.63) is 118 Å². The Kier molecular flexibility index (Phi) is 12.5. The lowest BCUT2D eigenvalue weighted by molar-refractivity contribution is 0.00761. The minimum Gasteiger partial charge on any atom is -0.481 e. The van der Waals surface area contributed by atoms with Gasteiger partial charge in [-0.1, -0.05) is 116 Å². The molecular formula is C37H45BrN2O2. The number of pyridine rings is 1. The van der Waals surface area contributed by atoms with E-state index < -0.39 is 11.5 Å². The SMILES string of the molecule is CC.CC.COc1nc2ccc(Br)cc2cc1C(c1ccccc1)C(O)(CCCN(C)C)c1cccc2ccccc12. The summed E-state index contributed by atoms with van der Waals surface area (Å²) in [5, 5.41) is 16.2. The summed E-state index contributed by atoms with van der Waals surface area (Å²) >= 11 is 3.61. The molecule has 2 unspecified atom stereocenters. The van der Waals surface area contributed by atoms with Crippen LogP contribution in [0.2, 0.25) is 0 Å². The molecule has 5 heteroatoms. The fourth-order valence-electron chi connectivity index (χ4n) is 5.58. The molecule has 0 radical (unpaired) electrons. The van der Waals surface area contributed by atoms with E-state index >= 15 is 0 Å². The number of hydrogen-bond acceptors (Lipinski definition) is 4. The first-order valence-corrected chi connectivity index (χ1v) is 15.7. The third kappa shape index (κ3) is 7.38. The number of nitrogens with zero attached hydrogens (tertiary/aromatic N) is 2. The molecule has 1 heterocycles. The predicted octanol–water partition coefficient (Wildman–Crippen LogP) is 9.57. The van der Waals surface area contributed by atoms with Crippen LogP contribution < -0.4 is 4.74 Å². The Labute approximate surface area is 260 Å². The molecule has 0 aliphatic heterocycles. The van der Waals surface area contributed by atoms with Crippen molar-refractivity contribution in [2.24, 2.45) is 0 Å². The number of rotatable bonds is 9.